The molecule has 2 heterocycles. The molecule has 21 heavy (non-hydrogen) atoms. The first-order valence-electron chi connectivity index (χ1n) is 7.52. The van der Waals surface area contributed by atoms with E-state index < -0.39 is 0 Å². The van der Waals surface area contributed by atoms with Gasteiger partial charge in [-0.2, -0.15) is 0 Å². The second-order valence-corrected chi connectivity index (χ2v) is 6.30. The predicted octanol–water partition coefficient (Wildman–Crippen LogP) is 2.74. The number of benzene rings is 1. The maximum Gasteiger partial charge on any atom is 0.117 e. The number of hydrogen-bond donors (Lipinski definition) is 1. The largest absolute Gasteiger partial charge is 0.381 e. The molecule has 5 heteroatoms. The molecule has 2 atom stereocenters. The fraction of sp³-hybridized carbons (Fsp3) is 0.500. The molecule has 1 aromatic heterocycles. The van der Waals surface area contributed by atoms with Gasteiger partial charge in [0.2, 0.25) is 0 Å². The van der Waals surface area contributed by atoms with Crippen LogP contribution in [0.2, 0.25) is 0 Å². The zero-order valence-electron chi connectivity index (χ0n) is 12.3. The highest BCUT2D eigenvalue weighted by molar-refractivity contribution is 7.99. The molecule has 1 saturated heterocycles. The second-order valence-electron chi connectivity index (χ2n) is 5.29. The molecule has 112 valence electrons. The molecule has 4 nitrogen and oxygen atoms in total. The molecule has 2 aromatic rings. The normalized spacial score (nSPS) is 20.0. The Labute approximate surface area is 129 Å². The van der Waals surface area contributed by atoms with Crippen molar-refractivity contribution < 1.29 is 4.74 Å². The summed E-state index contributed by atoms with van der Waals surface area (Å²) in [6.45, 7) is 4.93. The van der Waals surface area contributed by atoms with Gasteiger partial charge in [0, 0.05) is 29.7 Å². The summed E-state index contributed by atoms with van der Waals surface area (Å²) < 4.78 is 5.53. The zero-order chi connectivity index (χ0) is 14.5. The lowest BCUT2D eigenvalue weighted by atomic mass is 10.0. The van der Waals surface area contributed by atoms with E-state index in [1.54, 1.807) is 6.33 Å². The average Bonchev–Trinajstić information content (AvgIpc) is 3.05. The van der Waals surface area contributed by atoms with E-state index >= 15 is 0 Å². The highest BCUT2D eigenvalue weighted by Crippen LogP contribution is 2.27. The van der Waals surface area contributed by atoms with Crippen molar-refractivity contribution in [2.24, 2.45) is 5.92 Å². The first-order valence-corrected chi connectivity index (χ1v) is 8.50. The predicted molar refractivity (Wildman–Crippen MR) is 86.7 cm³/mol. The first-order chi connectivity index (χ1) is 10.4. The molecule has 0 spiro atoms. The van der Waals surface area contributed by atoms with Crippen LogP contribution in [0, 0.1) is 5.92 Å². The summed E-state index contributed by atoms with van der Waals surface area (Å²) in [5.41, 5.74) is 1.01. The molecular weight excluding hydrogens is 282 g/mol. The Morgan fingerprint density at radius 2 is 2.29 bits per heavy atom. The lowest BCUT2D eigenvalue weighted by Crippen LogP contribution is -2.38. The Morgan fingerprint density at radius 1 is 1.38 bits per heavy atom. The summed E-state index contributed by atoms with van der Waals surface area (Å²) in [5.74, 6) is 1.63. The summed E-state index contributed by atoms with van der Waals surface area (Å²) >= 11 is 1.82. The molecule has 0 saturated carbocycles. The minimum Gasteiger partial charge on any atom is -0.381 e. The van der Waals surface area contributed by atoms with Crippen LogP contribution in [0.5, 0.6) is 0 Å². The van der Waals surface area contributed by atoms with Crippen LogP contribution in [0.4, 0.5) is 0 Å². The van der Waals surface area contributed by atoms with Crippen molar-refractivity contribution in [2.45, 2.75) is 24.4 Å². The third kappa shape index (κ3) is 3.54. The standard InChI is InChI=1S/C16H21N3OS/c1-2-17-15(12-7-8-20-9-12)10-21-16-13-5-3-4-6-14(13)18-11-19-16/h3-6,11-12,15,17H,2,7-10H2,1H3. The van der Waals surface area contributed by atoms with Crippen LogP contribution in [0.15, 0.2) is 35.6 Å². The molecule has 1 N–H and O–H groups in total. The number of thioether (sulfide) groups is 1. The third-order valence-corrected chi connectivity index (χ3v) is 5.03. The molecule has 1 aliphatic heterocycles. The molecule has 1 fully saturated rings. The molecular formula is C16H21N3OS. The van der Waals surface area contributed by atoms with E-state index in [2.05, 4.69) is 28.3 Å². The number of hydrogen-bond acceptors (Lipinski definition) is 5. The van der Waals surface area contributed by atoms with Crippen molar-refractivity contribution in [2.75, 3.05) is 25.5 Å². The van der Waals surface area contributed by atoms with E-state index in [-0.39, 0.29) is 0 Å². The molecule has 0 radical (unpaired) electrons. The Balaban J connectivity index is 1.72. The fourth-order valence-electron chi connectivity index (χ4n) is 2.76. The van der Waals surface area contributed by atoms with Gasteiger partial charge in [0.05, 0.1) is 12.1 Å². The van der Waals surface area contributed by atoms with E-state index in [1.165, 1.54) is 0 Å². The number of nitrogens with one attached hydrogen (secondary N) is 1. The van der Waals surface area contributed by atoms with Crippen molar-refractivity contribution in [3.63, 3.8) is 0 Å². The van der Waals surface area contributed by atoms with Crippen LogP contribution in [-0.4, -0.2) is 41.5 Å². The van der Waals surface area contributed by atoms with E-state index in [9.17, 15) is 0 Å². The summed E-state index contributed by atoms with van der Waals surface area (Å²) in [5, 5.41) is 5.81. The van der Waals surface area contributed by atoms with Gasteiger partial charge in [-0.05, 0) is 19.0 Å². The van der Waals surface area contributed by atoms with Crippen LogP contribution in [0.25, 0.3) is 10.9 Å². The number of aromatic nitrogens is 2. The van der Waals surface area contributed by atoms with Gasteiger partial charge >= 0.3 is 0 Å². The molecule has 2 unspecified atom stereocenters. The van der Waals surface area contributed by atoms with Crippen molar-refractivity contribution >= 4 is 22.7 Å². The molecule has 0 bridgehead atoms. The Morgan fingerprint density at radius 3 is 3.10 bits per heavy atom. The lowest BCUT2D eigenvalue weighted by Gasteiger charge is -2.22. The van der Waals surface area contributed by atoms with Gasteiger partial charge in [-0.3, -0.25) is 0 Å². The van der Waals surface area contributed by atoms with Crippen LogP contribution in [0.1, 0.15) is 13.3 Å². The number of para-hydroxylation sites is 1. The smallest absolute Gasteiger partial charge is 0.117 e. The maximum atomic E-state index is 5.53. The first kappa shape index (κ1) is 14.8. The minimum atomic E-state index is 0.483. The summed E-state index contributed by atoms with van der Waals surface area (Å²) in [7, 11) is 0. The second kappa shape index (κ2) is 7.20. The van der Waals surface area contributed by atoms with Gasteiger partial charge in [-0.15, -0.1) is 11.8 Å². The number of nitrogens with zero attached hydrogens (tertiary/aromatic N) is 2. The summed E-state index contributed by atoms with van der Waals surface area (Å²) in [4.78, 5) is 8.78. The van der Waals surface area contributed by atoms with Crippen molar-refractivity contribution in [1.29, 1.82) is 0 Å². The van der Waals surface area contributed by atoms with Gasteiger partial charge in [0.25, 0.3) is 0 Å². The van der Waals surface area contributed by atoms with E-state index in [1.807, 2.05) is 30.0 Å². The Hall–Kier alpha value is -1.17. The van der Waals surface area contributed by atoms with Crippen LogP contribution in [-0.2, 0) is 4.74 Å². The monoisotopic (exact) mass is 303 g/mol. The van der Waals surface area contributed by atoms with Gasteiger partial charge < -0.3 is 10.1 Å². The lowest BCUT2D eigenvalue weighted by molar-refractivity contribution is 0.179. The molecule has 1 aliphatic rings. The topological polar surface area (TPSA) is 47.0 Å². The van der Waals surface area contributed by atoms with Crippen molar-refractivity contribution in [1.82, 2.24) is 15.3 Å². The molecule has 0 amide bonds. The Kier molecular flexibility index (Phi) is 5.06. The number of ether oxygens (including phenoxy) is 1. The van der Waals surface area contributed by atoms with Crippen LogP contribution < -0.4 is 5.32 Å². The zero-order valence-corrected chi connectivity index (χ0v) is 13.1. The highest BCUT2D eigenvalue weighted by Gasteiger charge is 2.25. The van der Waals surface area contributed by atoms with Gasteiger partial charge in [-0.25, -0.2) is 9.97 Å². The van der Waals surface area contributed by atoms with E-state index in [0.717, 1.165) is 47.9 Å². The maximum absolute atomic E-state index is 5.53. The molecule has 1 aromatic carbocycles. The number of rotatable bonds is 6. The summed E-state index contributed by atoms with van der Waals surface area (Å²) in [6, 6.07) is 8.67. The minimum absolute atomic E-state index is 0.483. The quantitative estimate of drug-likeness (QED) is 0.657. The molecule has 3 rings (SSSR count). The van der Waals surface area contributed by atoms with E-state index in [0.29, 0.717) is 12.0 Å². The van der Waals surface area contributed by atoms with Crippen LogP contribution >= 0.6 is 11.8 Å². The van der Waals surface area contributed by atoms with Gasteiger partial charge in [0.1, 0.15) is 11.4 Å². The number of fused-ring (bicyclic) bond motifs is 1. The van der Waals surface area contributed by atoms with Gasteiger partial charge in [-0.1, -0.05) is 25.1 Å². The van der Waals surface area contributed by atoms with Crippen LogP contribution in [0.3, 0.4) is 0 Å². The van der Waals surface area contributed by atoms with Gasteiger partial charge in [0.15, 0.2) is 0 Å². The fourth-order valence-corrected chi connectivity index (χ4v) is 3.94. The Bertz CT molecular complexity index is 581. The molecule has 0 aliphatic carbocycles. The SMILES string of the molecule is CCNC(CSc1ncnc2ccccc12)C1CCOC1. The highest BCUT2D eigenvalue weighted by atomic mass is 32.2. The van der Waals surface area contributed by atoms with Crippen molar-refractivity contribution in [3.8, 4) is 0 Å². The van der Waals surface area contributed by atoms with Crippen molar-refractivity contribution in [3.05, 3.63) is 30.6 Å². The third-order valence-electron chi connectivity index (χ3n) is 3.91. The van der Waals surface area contributed by atoms with E-state index in [4.69, 9.17) is 4.74 Å². The summed E-state index contributed by atoms with van der Waals surface area (Å²) in [6.07, 6.45) is 2.81. The average molecular weight is 303 g/mol.